The number of hydrogen-bond donors (Lipinski definition) is 2. The number of carbonyl (C=O) groups is 2. The predicted octanol–water partition coefficient (Wildman–Crippen LogP) is 1.45. The fraction of sp³-hybridized carbons (Fsp3) is 0.480. The number of fused-ring (bicyclic) bond motifs is 2. The third kappa shape index (κ3) is 4.78. The SMILES string of the molecule is COc1ccccc1C[C@H](NC(C)=O)C(=O)NC1CCN(c2c3c(nc4ncnn24)CCC3)CC1. The summed E-state index contributed by atoms with van der Waals surface area (Å²) in [5.41, 5.74) is 3.28. The molecule has 10 nitrogen and oxygen atoms in total. The van der Waals surface area contributed by atoms with E-state index in [9.17, 15) is 9.59 Å². The lowest BCUT2D eigenvalue weighted by Crippen LogP contribution is -2.52. The maximum absolute atomic E-state index is 13.2. The quantitative estimate of drug-likeness (QED) is 0.530. The highest BCUT2D eigenvalue weighted by Gasteiger charge is 2.30. The van der Waals surface area contributed by atoms with Crippen LogP contribution in [0.15, 0.2) is 30.6 Å². The fourth-order valence-corrected chi connectivity index (χ4v) is 5.21. The van der Waals surface area contributed by atoms with E-state index in [4.69, 9.17) is 4.74 Å². The number of nitrogens with one attached hydrogen (secondary N) is 2. The Labute approximate surface area is 204 Å². The summed E-state index contributed by atoms with van der Waals surface area (Å²) in [4.78, 5) is 36.3. The molecule has 2 aliphatic rings. The van der Waals surface area contributed by atoms with Crippen LogP contribution in [0, 0.1) is 0 Å². The van der Waals surface area contributed by atoms with Crippen LogP contribution in [0.5, 0.6) is 5.75 Å². The molecule has 10 heteroatoms. The summed E-state index contributed by atoms with van der Waals surface area (Å²) in [6, 6.07) is 6.93. The second-order valence-corrected chi connectivity index (χ2v) is 9.23. The Balaban J connectivity index is 1.26. The standard InChI is InChI=1S/C25H31N7O3/c1-16(33)28-21(14-17-6-3-4-9-22(17)35-2)23(34)29-18-10-12-31(13-11-18)24-19-7-5-8-20(19)30-25-26-15-27-32(24)25/h3-4,6,9,15,18,21H,5,7-8,10-14H2,1-2H3,(H,28,33)(H,29,34)/t21-/m0/s1. The average molecular weight is 478 g/mol. The highest BCUT2D eigenvalue weighted by Crippen LogP contribution is 2.32. The van der Waals surface area contributed by atoms with E-state index in [-0.39, 0.29) is 17.9 Å². The number of benzene rings is 1. The Kier molecular flexibility index (Phi) is 6.52. The molecule has 0 unspecified atom stereocenters. The van der Waals surface area contributed by atoms with Gasteiger partial charge < -0.3 is 20.3 Å². The molecule has 1 aliphatic heterocycles. The van der Waals surface area contributed by atoms with Crippen molar-refractivity contribution >= 4 is 23.4 Å². The van der Waals surface area contributed by atoms with E-state index in [1.807, 2.05) is 28.8 Å². The number of para-hydroxylation sites is 1. The molecular formula is C25H31N7O3. The van der Waals surface area contributed by atoms with Gasteiger partial charge in [0.05, 0.1) is 12.8 Å². The zero-order valence-corrected chi connectivity index (χ0v) is 20.2. The van der Waals surface area contributed by atoms with Gasteiger partial charge in [0, 0.05) is 38.0 Å². The van der Waals surface area contributed by atoms with Gasteiger partial charge in [0.25, 0.3) is 5.78 Å². The van der Waals surface area contributed by atoms with E-state index < -0.39 is 6.04 Å². The second-order valence-electron chi connectivity index (χ2n) is 9.23. The number of hydrogen-bond acceptors (Lipinski definition) is 7. The largest absolute Gasteiger partial charge is 0.496 e. The zero-order valence-electron chi connectivity index (χ0n) is 20.2. The Hall–Kier alpha value is -3.69. The molecule has 35 heavy (non-hydrogen) atoms. The van der Waals surface area contributed by atoms with E-state index >= 15 is 0 Å². The number of rotatable bonds is 7. The number of methoxy groups -OCH3 is 1. The van der Waals surface area contributed by atoms with Crippen LogP contribution in [0.3, 0.4) is 0 Å². The van der Waals surface area contributed by atoms with Crippen molar-refractivity contribution in [2.75, 3.05) is 25.1 Å². The van der Waals surface area contributed by atoms with Crippen molar-refractivity contribution in [3.05, 3.63) is 47.4 Å². The van der Waals surface area contributed by atoms with Gasteiger partial charge >= 0.3 is 0 Å². The van der Waals surface area contributed by atoms with Crippen LogP contribution in [-0.4, -0.2) is 63.7 Å². The maximum atomic E-state index is 13.2. The molecule has 1 atom stereocenters. The first-order valence-corrected chi connectivity index (χ1v) is 12.2. The van der Waals surface area contributed by atoms with Gasteiger partial charge in [-0.05, 0) is 43.7 Å². The first-order chi connectivity index (χ1) is 17.0. The summed E-state index contributed by atoms with van der Waals surface area (Å²) in [7, 11) is 1.60. The lowest BCUT2D eigenvalue weighted by Gasteiger charge is -2.35. The Morgan fingerprint density at radius 2 is 2.00 bits per heavy atom. The van der Waals surface area contributed by atoms with Gasteiger partial charge in [0.2, 0.25) is 11.8 Å². The molecule has 5 rings (SSSR count). The van der Waals surface area contributed by atoms with E-state index in [1.54, 1.807) is 13.4 Å². The fourth-order valence-electron chi connectivity index (χ4n) is 5.21. The van der Waals surface area contributed by atoms with E-state index in [2.05, 4.69) is 30.6 Å². The van der Waals surface area contributed by atoms with Gasteiger partial charge in [0.15, 0.2) is 0 Å². The summed E-state index contributed by atoms with van der Waals surface area (Å²) in [5.74, 6) is 2.03. The number of carbonyl (C=O) groups excluding carboxylic acids is 2. The van der Waals surface area contributed by atoms with Gasteiger partial charge in [-0.25, -0.2) is 4.98 Å². The van der Waals surface area contributed by atoms with Crippen molar-refractivity contribution in [3.8, 4) is 5.75 Å². The minimum absolute atomic E-state index is 0.0359. The highest BCUT2D eigenvalue weighted by molar-refractivity contribution is 5.87. The maximum Gasteiger partial charge on any atom is 0.254 e. The minimum atomic E-state index is -0.667. The summed E-state index contributed by atoms with van der Waals surface area (Å²) >= 11 is 0. The molecule has 1 aromatic carbocycles. The van der Waals surface area contributed by atoms with Gasteiger partial charge in [-0.1, -0.05) is 18.2 Å². The number of nitrogens with zero attached hydrogens (tertiary/aromatic N) is 5. The molecule has 2 amide bonds. The minimum Gasteiger partial charge on any atom is -0.496 e. The number of piperidine rings is 1. The summed E-state index contributed by atoms with van der Waals surface area (Å²) in [6.45, 7) is 3.03. The van der Waals surface area contributed by atoms with Crippen LogP contribution in [0.1, 0.15) is 43.0 Å². The molecule has 2 aromatic heterocycles. The highest BCUT2D eigenvalue weighted by atomic mass is 16.5. The predicted molar refractivity (Wildman–Crippen MR) is 130 cm³/mol. The molecule has 1 fully saturated rings. The number of anilines is 1. The topological polar surface area (TPSA) is 114 Å². The van der Waals surface area contributed by atoms with Crippen LogP contribution < -0.4 is 20.3 Å². The van der Waals surface area contributed by atoms with Crippen molar-refractivity contribution < 1.29 is 14.3 Å². The third-order valence-corrected chi connectivity index (χ3v) is 6.88. The first kappa shape index (κ1) is 23.1. The molecule has 1 aliphatic carbocycles. The monoisotopic (exact) mass is 477 g/mol. The molecule has 3 heterocycles. The van der Waals surface area contributed by atoms with Crippen LogP contribution >= 0.6 is 0 Å². The number of amides is 2. The van der Waals surface area contributed by atoms with Crippen LogP contribution in [0.2, 0.25) is 0 Å². The smallest absolute Gasteiger partial charge is 0.254 e. The molecule has 3 aromatic rings. The van der Waals surface area contributed by atoms with Crippen LogP contribution in [-0.2, 0) is 28.9 Å². The van der Waals surface area contributed by atoms with Crippen molar-refractivity contribution in [3.63, 3.8) is 0 Å². The Morgan fingerprint density at radius 1 is 1.20 bits per heavy atom. The Bertz CT molecular complexity index is 1230. The van der Waals surface area contributed by atoms with Crippen LogP contribution in [0.4, 0.5) is 5.82 Å². The van der Waals surface area contributed by atoms with Gasteiger partial charge in [-0.3, -0.25) is 9.59 Å². The molecule has 0 saturated carbocycles. The lowest BCUT2D eigenvalue weighted by molar-refractivity contribution is -0.128. The van der Waals surface area contributed by atoms with Crippen molar-refractivity contribution in [1.29, 1.82) is 0 Å². The molecule has 0 bridgehead atoms. The zero-order chi connectivity index (χ0) is 24.4. The van der Waals surface area contributed by atoms with E-state index in [0.29, 0.717) is 17.9 Å². The van der Waals surface area contributed by atoms with E-state index in [0.717, 1.165) is 62.3 Å². The second kappa shape index (κ2) is 9.89. The normalized spacial score (nSPS) is 16.7. The van der Waals surface area contributed by atoms with Crippen molar-refractivity contribution in [2.24, 2.45) is 0 Å². The molecule has 0 radical (unpaired) electrons. The summed E-state index contributed by atoms with van der Waals surface area (Å²) < 4.78 is 7.28. The molecular weight excluding hydrogens is 446 g/mol. The van der Waals surface area contributed by atoms with Gasteiger partial charge in [-0.15, -0.1) is 0 Å². The number of ether oxygens (including phenoxy) is 1. The van der Waals surface area contributed by atoms with E-state index in [1.165, 1.54) is 12.5 Å². The number of aromatic nitrogens is 4. The summed E-state index contributed by atoms with van der Waals surface area (Å²) in [5, 5.41) is 10.4. The third-order valence-electron chi connectivity index (χ3n) is 6.88. The van der Waals surface area contributed by atoms with Gasteiger partial charge in [0.1, 0.15) is 23.9 Å². The Morgan fingerprint density at radius 3 is 2.77 bits per heavy atom. The molecule has 1 saturated heterocycles. The van der Waals surface area contributed by atoms with Crippen LogP contribution in [0.25, 0.3) is 5.78 Å². The average Bonchev–Trinajstić information content (AvgIpc) is 3.52. The molecule has 184 valence electrons. The molecule has 2 N–H and O–H groups in total. The summed E-state index contributed by atoms with van der Waals surface area (Å²) in [6.07, 6.45) is 6.62. The molecule has 0 spiro atoms. The van der Waals surface area contributed by atoms with Crippen molar-refractivity contribution in [2.45, 2.75) is 57.5 Å². The lowest BCUT2D eigenvalue weighted by atomic mass is 10.0. The van der Waals surface area contributed by atoms with Crippen molar-refractivity contribution in [1.82, 2.24) is 30.2 Å². The first-order valence-electron chi connectivity index (χ1n) is 12.2. The number of aryl methyl sites for hydroxylation is 1. The van der Waals surface area contributed by atoms with Gasteiger partial charge in [-0.2, -0.15) is 14.6 Å².